The van der Waals surface area contributed by atoms with Crippen molar-refractivity contribution in [1.29, 1.82) is 0 Å². The highest BCUT2D eigenvalue weighted by Gasteiger charge is 2.54. The molecule has 0 bridgehead atoms. The van der Waals surface area contributed by atoms with Gasteiger partial charge in [0.2, 0.25) is 0 Å². The average Bonchev–Trinajstić information content (AvgIpc) is 3.15. The summed E-state index contributed by atoms with van der Waals surface area (Å²) in [4.78, 5) is 28.1. The minimum absolute atomic E-state index is 0.214. The van der Waals surface area contributed by atoms with E-state index in [4.69, 9.17) is 23.8 Å². The molecule has 2 aromatic carbocycles. The highest BCUT2D eigenvalue weighted by Crippen LogP contribution is 2.57. The summed E-state index contributed by atoms with van der Waals surface area (Å²) in [5.74, 6) is -1.17. The molecule has 2 aromatic rings. The van der Waals surface area contributed by atoms with Gasteiger partial charge in [-0.2, -0.15) is 0 Å². The summed E-state index contributed by atoms with van der Waals surface area (Å²) in [6.07, 6.45) is 0.573. The van der Waals surface area contributed by atoms with Crippen LogP contribution >= 0.6 is 35.6 Å². The number of amides is 2. The van der Waals surface area contributed by atoms with E-state index in [0.29, 0.717) is 22.7 Å². The predicted octanol–water partition coefficient (Wildman–Crippen LogP) is 5.17. The lowest BCUT2D eigenvalue weighted by Crippen LogP contribution is -2.54. The zero-order valence-electron chi connectivity index (χ0n) is 17.0. The van der Waals surface area contributed by atoms with Crippen LogP contribution in [0.4, 0.5) is 10.1 Å². The molecule has 3 aliphatic rings. The van der Waals surface area contributed by atoms with Gasteiger partial charge in [-0.05, 0) is 55.7 Å². The molecule has 158 valence electrons. The summed E-state index contributed by atoms with van der Waals surface area (Å²) in [6, 6.07) is 10.4. The predicted molar refractivity (Wildman–Crippen MR) is 126 cm³/mol. The van der Waals surface area contributed by atoms with E-state index in [1.807, 2.05) is 38.1 Å². The van der Waals surface area contributed by atoms with Crippen LogP contribution in [0.25, 0.3) is 5.57 Å². The molecule has 1 N–H and O–H groups in total. The fourth-order valence-electron chi connectivity index (χ4n) is 5.17. The summed E-state index contributed by atoms with van der Waals surface area (Å²) >= 11 is 12.3. The summed E-state index contributed by atoms with van der Waals surface area (Å²) in [5, 5.41) is 3.18. The van der Waals surface area contributed by atoms with E-state index < -0.39 is 22.7 Å². The lowest BCUT2D eigenvalue weighted by molar-refractivity contribution is -0.116. The van der Waals surface area contributed by atoms with Crippen LogP contribution in [0.15, 0.2) is 41.3 Å². The SMILES string of the molecule is CC1(c2ccc(Cl)cc2)CC(C)(C)N2C(=O)C(=C3SC(=S)NC3=O)c3cc(F)cc1c32. The van der Waals surface area contributed by atoms with Crippen molar-refractivity contribution >= 4 is 63.0 Å². The van der Waals surface area contributed by atoms with Crippen molar-refractivity contribution < 1.29 is 14.0 Å². The molecule has 4 nitrogen and oxygen atoms in total. The standard InChI is InChI=1S/C23H18ClFN2O2S2/c1-22(2)10-23(3,11-4-6-12(24)7-5-11)15-9-13(25)8-14-16(20(29)27(22)17(14)15)18-19(28)26-21(30)31-18/h4-9H,10H2,1-3H3,(H,26,28,30). The van der Waals surface area contributed by atoms with Gasteiger partial charge in [0.1, 0.15) is 10.1 Å². The second-order valence-electron chi connectivity index (χ2n) is 8.87. The van der Waals surface area contributed by atoms with Gasteiger partial charge in [-0.25, -0.2) is 4.39 Å². The first-order chi connectivity index (χ1) is 14.5. The Morgan fingerprint density at radius 2 is 1.84 bits per heavy atom. The lowest BCUT2D eigenvalue weighted by Gasteiger charge is -2.49. The van der Waals surface area contributed by atoms with E-state index in [2.05, 4.69) is 12.2 Å². The molecule has 2 amide bonds. The van der Waals surface area contributed by atoms with Gasteiger partial charge in [-0.3, -0.25) is 9.59 Å². The normalized spacial score (nSPS) is 26.4. The molecule has 0 radical (unpaired) electrons. The number of hydrogen-bond acceptors (Lipinski definition) is 4. The fraction of sp³-hybridized carbons (Fsp3) is 0.261. The van der Waals surface area contributed by atoms with E-state index in [1.54, 1.807) is 4.90 Å². The van der Waals surface area contributed by atoms with E-state index in [0.717, 1.165) is 22.9 Å². The number of rotatable bonds is 1. The number of hydrogen-bond donors (Lipinski definition) is 1. The van der Waals surface area contributed by atoms with Crippen molar-refractivity contribution in [2.75, 3.05) is 4.90 Å². The van der Waals surface area contributed by atoms with Crippen LogP contribution in [0, 0.1) is 5.82 Å². The van der Waals surface area contributed by atoms with Gasteiger partial charge in [0, 0.05) is 21.5 Å². The second kappa shape index (κ2) is 6.64. The Labute approximate surface area is 193 Å². The Kier molecular flexibility index (Phi) is 4.43. The first-order valence-electron chi connectivity index (χ1n) is 9.75. The van der Waals surface area contributed by atoms with E-state index >= 15 is 0 Å². The maximum Gasteiger partial charge on any atom is 0.264 e. The molecule has 0 saturated carbocycles. The first kappa shape index (κ1) is 20.7. The molecule has 1 saturated heterocycles. The third kappa shape index (κ3) is 2.90. The molecular weight excluding hydrogens is 455 g/mol. The molecule has 8 heteroatoms. The molecule has 1 fully saturated rings. The fourth-order valence-corrected chi connectivity index (χ4v) is 6.41. The van der Waals surface area contributed by atoms with E-state index in [-0.39, 0.29) is 20.7 Å². The molecule has 0 aromatic heterocycles. The van der Waals surface area contributed by atoms with Crippen molar-refractivity contribution in [2.45, 2.75) is 38.1 Å². The topological polar surface area (TPSA) is 49.4 Å². The van der Waals surface area contributed by atoms with Crippen molar-refractivity contribution in [1.82, 2.24) is 5.32 Å². The maximum atomic E-state index is 14.9. The maximum absolute atomic E-state index is 14.9. The van der Waals surface area contributed by atoms with Crippen molar-refractivity contribution in [3.05, 3.63) is 68.8 Å². The summed E-state index contributed by atoms with van der Waals surface area (Å²) in [7, 11) is 0. The van der Waals surface area contributed by atoms with Gasteiger partial charge in [-0.1, -0.05) is 54.6 Å². The number of anilines is 1. The van der Waals surface area contributed by atoms with E-state index in [1.165, 1.54) is 12.1 Å². The van der Waals surface area contributed by atoms with Crippen molar-refractivity contribution in [3.8, 4) is 0 Å². The van der Waals surface area contributed by atoms with E-state index in [9.17, 15) is 14.0 Å². The quantitative estimate of drug-likeness (QED) is 0.459. The first-order valence-corrected chi connectivity index (χ1v) is 11.4. The highest BCUT2D eigenvalue weighted by molar-refractivity contribution is 8.27. The van der Waals surface area contributed by atoms with Gasteiger partial charge < -0.3 is 10.2 Å². The summed E-state index contributed by atoms with van der Waals surface area (Å²) < 4.78 is 15.2. The highest BCUT2D eigenvalue weighted by atomic mass is 35.5. The molecule has 3 aliphatic heterocycles. The van der Waals surface area contributed by atoms with Crippen molar-refractivity contribution in [2.24, 2.45) is 0 Å². The molecule has 3 heterocycles. The Morgan fingerprint density at radius 3 is 2.45 bits per heavy atom. The van der Waals surface area contributed by atoms with Crippen LogP contribution in [0.1, 0.15) is 43.9 Å². The van der Waals surface area contributed by atoms with Gasteiger partial charge in [-0.15, -0.1) is 0 Å². The Hall–Kier alpha value is -2.22. The average molecular weight is 473 g/mol. The smallest absolute Gasteiger partial charge is 0.264 e. The van der Waals surface area contributed by atoms with Crippen LogP contribution in [-0.4, -0.2) is 21.7 Å². The largest absolute Gasteiger partial charge is 0.307 e. The number of nitrogens with zero attached hydrogens (tertiary/aromatic N) is 1. The number of thiocarbonyl (C=S) groups is 1. The monoisotopic (exact) mass is 472 g/mol. The van der Waals surface area contributed by atoms with Crippen LogP contribution in [-0.2, 0) is 15.0 Å². The third-order valence-electron chi connectivity index (χ3n) is 6.30. The molecule has 1 unspecified atom stereocenters. The summed E-state index contributed by atoms with van der Waals surface area (Å²) in [5.41, 5.74) is 1.89. The van der Waals surface area contributed by atoms with Gasteiger partial charge >= 0.3 is 0 Å². The number of carbonyl (C=O) groups is 2. The molecule has 1 atom stereocenters. The van der Waals surface area contributed by atoms with Crippen LogP contribution < -0.4 is 10.2 Å². The Morgan fingerprint density at radius 1 is 1.16 bits per heavy atom. The zero-order chi connectivity index (χ0) is 22.3. The van der Waals surface area contributed by atoms with Crippen LogP contribution in [0.2, 0.25) is 5.02 Å². The van der Waals surface area contributed by atoms with Crippen molar-refractivity contribution in [3.63, 3.8) is 0 Å². The number of benzene rings is 2. The third-order valence-corrected chi connectivity index (χ3v) is 7.78. The second-order valence-corrected chi connectivity index (χ2v) is 11.0. The lowest BCUT2D eigenvalue weighted by atomic mass is 9.65. The molecule has 31 heavy (non-hydrogen) atoms. The Bertz CT molecular complexity index is 1240. The van der Waals surface area contributed by atoms with Crippen LogP contribution in [0.5, 0.6) is 0 Å². The minimum atomic E-state index is -0.576. The number of halogens is 2. The minimum Gasteiger partial charge on any atom is -0.307 e. The van der Waals surface area contributed by atoms with Gasteiger partial charge in [0.25, 0.3) is 11.8 Å². The number of nitrogens with one attached hydrogen (secondary N) is 1. The zero-order valence-corrected chi connectivity index (χ0v) is 19.4. The Balaban J connectivity index is 1.84. The number of thioether (sulfide) groups is 1. The molecule has 5 rings (SSSR count). The summed E-state index contributed by atoms with van der Waals surface area (Å²) in [6.45, 7) is 6.05. The van der Waals surface area contributed by atoms with Gasteiger partial charge in [0.15, 0.2) is 0 Å². The van der Waals surface area contributed by atoms with Gasteiger partial charge in [0.05, 0.1) is 16.2 Å². The number of carbonyl (C=O) groups excluding carboxylic acids is 2. The van der Waals surface area contributed by atoms with Crippen LogP contribution in [0.3, 0.4) is 0 Å². The molecule has 0 aliphatic carbocycles. The molecular formula is C23H18ClFN2O2S2. The molecule has 0 spiro atoms.